The zero-order valence-electron chi connectivity index (χ0n) is 13.1. The molecule has 1 aromatic carbocycles. The summed E-state index contributed by atoms with van der Waals surface area (Å²) < 4.78 is 39.3. The Morgan fingerprint density at radius 3 is 2.44 bits per heavy atom. The van der Waals surface area contributed by atoms with Crippen LogP contribution in [-0.4, -0.2) is 42.0 Å². The van der Waals surface area contributed by atoms with E-state index in [2.05, 4.69) is 25.8 Å². The first kappa shape index (κ1) is 17.7. The maximum absolute atomic E-state index is 12.8. The van der Waals surface area contributed by atoms with Gasteiger partial charge in [0.1, 0.15) is 0 Å². The lowest BCUT2D eigenvalue weighted by Gasteiger charge is -2.36. The molecule has 132 valence electrons. The second kappa shape index (κ2) is 7.03. The van der Waals surface area contributed by atoms with Gasteiger partial charge in [0, 0.05) is 42.4 Å². The second-order valence-electron chi connectivity index (χ2n) is 5.72. The number of carbonyl (C=O) groups is 1. The van der Waals surface area contributed by atoms with Gasteiger partial charge in [0.05, 0.1) is 17.4 Å². The highest BCUT2D eigenvalue weighted by molar-refractivity contribution is 9.10. The fraction of sp³-hybridized carbons (Fsp3) is 0.294. The Hall–Kier alpha value is -2.09. The Morgan fingerprint density at radius 2 is 1.80 bits per heavy atom. The zero-order chi connectivity index (χ0) is 18.0. The van der Waals surface area contributed by atoms with Crippen LogP contribution >= 0.6 is 15.9 Å². The van der Waals surface area contributed by atoms with Crippen molar-refractivity contribution in [3.8, 4) is 0 Å². The molecule has 0 N–H and O–H groups in total. The molecule has 1 amide bonds. The predicted octanol–water partition coefficient (Wildman–Crippen LogP) is 3.83. The third kappa shape index (κ3) is 4.12. The molecule has 0 spiro atoms. The Labute approximate surface area is 151 Å². The molecule has 0 aliphatic carbocycles. The van der Waals surface area contributed by atoms with Crippen molar-refractivity contribution in [2.24, 2.45) is 0 Å². The minimum absolute atomic E-state index is 0.0624. The summed E-state index contributed by atoms with van der Waals surface area (Å²) in [5.41, 5.74) is 0.199. The van der Waals surface area contributed by atoms with Crippen LogP contribution < -0.4 is 4.90 Å². The van der Waals surface area contributed by atoms with Gasteiger partial charge in [-0.3, -0.25) is 9.78 Å². The van der Waals surface area contributed by atoms with Gasteiger partial charge in [-0.25, -0.2) is 0 Å². The maximum atomic E-state index is 12.8. The Balaban J connectivity index is 1.68. The van der Waals surface area contributed by atoms with Crippen LogP contribution in [0.15, 0.2) is 47.2 Å². The minimum atomic E-state index is -4.46. The molecule has 3 rings (SSSR count). The van der Waals surface area contributed by atoms with Crippen LogP contribution in [0.5, 0.6) is 0 Å². The van der Waals surface area contributed by atoms with Crippen molar-refractivity contribution >= 4 is 27.5 Å². The number of anilines is 1. The molecular formula is C17H15BrF3N3O. The van der Waals surface area contributed by atoms with Crippen LogP contribution in [0, 0.1) is 0 Å². The molecule has 8 heteroatoms. The van der Waals surface area contributed by atoms with Gasteiger partial charge in [-0.15, -0.1) is 0 Å². The van der Waals surface area contributed by atoms with E-state index in [1.54, 1.807) is 17.3 Å². The number of hydrogen-bond donors (Lipinski definition) is 0. The lowest BCUT2D eigenvalue weighted by Crippen LogP contribution is -2.48. The topological polar surface area (TPSA) is 36.4 Å². The third-order valence-corrected chi connectivity index (χ3v) is 4.49. The van der Waals surface area contributed by atoms with Crippen LogP contribution in [0.4, 0.5) is 18.9 Å². The second-order valence-corrected chi connectivity index (χ2v) is 6.63. The van der Waals surface area contributed by atoms with Gasteiger partial charge in [0.15, 0.2) is 0 Å². The molecule has 1 aliphatic heterocycles. The molecule has 0 saturated carbocycles. The van der Waals surface area contributed by atoms with Gasteiger partial charge < -0.3 is 9.80 Å². The number of alkyl halides is 3. The van der Waals surface area contributed by atoms with E-state index in [1.165, 1.54) is 12.1 Å². The minimum Gasteiger partial charge on any atom is -0.367 e. The number of pyridine rings is 1. The highest BCUT2D eigenvalue weighted by Crippen LogP contribution is 2.30. The van der Waals surface area contributed by atoms with Gasteiger partial charge in [-0.2, -0.15) is 13.2 Å². The zero-order valence-corrected chi connectivity index (χ0v) is 14.7. The van der Waals surface area contributed by atoms with Gasteiger partial charge in [-0.05, 0) is 40.2 Å². The number of aromatic nitrogens is 1. The smallest absolute Gasteiger partial charge is 0.367 e. The van der Waals surface area contributed by atoms with Gasteiger partial charge >= 0.3 is 6.18 Å². The molecule has 25 heavy (non-hydrogen) atoms. The van der Waals surface area contributed by atoms with Crippen molar-refractivity contribution in [1.29, 1.82) is 0 Å². The fourth-order valence-electron chi connectivity index (χ4n) is 2.75. The lowest BCUT2D eigenvalue weighted by atomic mass is 10.1. The highest BCUT2D eigenvalue weighted by atomic mass is 79.9. The first-order valence-electron chi connectivity index (χ1n) is 7.66. The van der Waals surface area contributed by atoms with Crippen LogP contribution in [0.3, 0.4) is 0 Å². The maximum Gasteiger partial charge on any atom is 0.416 e. The standard InChI is InChI=1S/C17H15BrF3N3O/c18-14-9-15(11-22-10-14)23-4-6-24(7-5-23)16(25)12-2-1-3-13(8-12)17(19,20)21/h1-3,8-11H,4-7H2. The van der Waals surface area contributed by atoms with E-state index in [1.807, 2.05) is 6.07 Å². The van der Waals surface area contributed by atoms with Crippen molar-refractivity contribution in [3.63, 3.8) is 0 Å². The summed E-state index contributed by atoms with van der Waals surface area (Å²) in [6.45, 7) is 2.09. The molecule has 1 saturated heterocycles. The van der Waals surface area contributed by atoms with Gasteiger partial charge in [0.25, 0.3) is 5.91 Å². The first-order chi connectivity index (χ1) is 11.8. The lowest BCUT2D eigenvalue weighted by molar-refractivity contribution is -0.137. The summed E-state index contributed by atoms with van der Waals surface area (Å²) in [6.07, 6.45) is -1.02. The van der Waals surface area contributed by atoms with Crippen LogP contribution in [0.25, 0.3) is 0 Å². The molecule has 0 unspecified atom stereocenters. The molecule has 0 bridgehead atoms. The van der Waals surface area contributed by atoms with E-state index in [0.29, 0.717) is 26.2 Å². The summed E-state index contributed by atoms with van der Waals surface area (Å²) >= 11 is 3.37. The summed E-state index contributed by atoms with van der Waals surface area (Å²) in [4.78, 5) is 20.3. The van der Waals surface area contributed by atoms with E-state index in [0.717, 1.165) is 22.3 Å². The molecular weight excluding hydrogens is 399 g/mol. The van der Waals surface area contributed by atoms with Crippen LogP contribution in [0.1, 0.15) is 15.9 Å². The van der Waals surface area contributed by atoms with E-state index in [9.17, 15) is 18.0 Å². The van der Waals surface area contributed by atoms with E-state index >= 15 is 0 Å². The quantitative estimate of drug-likeness (QED) is 0.750. The number of amides is 1. The number of carbonyl (C=O) groups excluding carboxylic acids is 1. The summed E-state index contributed by atoms with van der Waals surface area (Å²) in [5, 5.41) is 0. The molecule has 2 heterocycles. The SMILES string of the molecule is O=C(c1cccc(C(F)(F)F)c1)N1CCN(c2cncc(Br)c2)CC1. The van der Waals surface area contributed by atoms with Crippen LogP contribution in [0.2, 0.25) is 0 Å². The highest BCUT2D eigenvalue weighted by Gasteiger charge is 2.31. The monoisotopic (exact) mass is 413 g/mol. The van der Waals surface area contributed by atoms with Gasteiger partial charge in [-0.1, -0.05) is 6.07 Å². The molecule has 2 aromatic rings. The largest absolute Gasteiger partial charge is 0.416 e. The van der Waals surface area contributed by atoms with Crippen LogP contribution in [-0.2, 0) is 6.18 Å². The average molecular weight is 414 g/mol. The van der Waals surface area contributed by atoms with E-state index in [4.69, 9.17) is 0 Å². The number of hydrogen-bond acceptors (Lipinski definition) is 3. The number of nitrogens with zero attached hydrogens (tertiary/aromatic N) is 3. The Morgan fingerprint density at radius 1 is 1.08 bits per heavy atom. The molecule has 1 aliphatic rings. The Kier molecular flexibility index (Phi) is 4.99. The number of piperazine rings is 1. The van der Waals surface area contributed by atoms with E-state index in [-0.39, 0.29) is 11.5 Å². The van der Waals surface area contributed by atoms with Gasteiger partial charge in [0.2, 0.25) is 0 Å². The van der Waals surface area contributed by atoms with Crippen molar-refractivity contribution in [2.75, 3.05) is 31.1 Å². The molecule has 4 nitrogen and oxygen atoms in total. The van der Waals surface area contributed by atoms with Crippen molar-refractivity contribution in [1.82, 2.24) is 9.88 Å². The average Bonchev–Trinajstić information content (AvgIpc) is 2.61. The fourth-order valence-corrected chi connectivity index (χ4v) is 3.11. The predicted molar refractivity (Wildman–Crippen MR) is 91.5 cm³/mol. The molecule has 0 radical (unpaired) electrons. The van der Waals surface area contributed by atoms with Crippen molar-refractivity contribution in [3.05, 3.63) is 58.3 Å². The van der Waals surface area contributed by atoms with Crippen molar-refractivity contribution in [2.45, 2.75) is 6.18 Å². The molecule has 0 atom stereocenters. The first-order valence-corrected chi connectivity index (χ1v) is 8.46. The Bertz CT molecular complexity index is 774. The number of rotatable bonds is 2. The summed E-state index contributed by atoms with van der Waals surface area (Å²) in [6, 6.07) is 6.50. The number of benzene rings is 1. The molecule has 1 aromatic heterocycles. The summed E-state index contributed by atoms with van der Waals surface area (Å²) in [5.74, 6) is -0.377. The number of halogens is 4. The normalized spacial score (nSPS) is 15.4. The summed E-state index contributed by atoms with van der Waals surface area (Å²) in [7, 11) is 0. The van der Waals surface area contributed by atoms with E-state index < -0.39 is 11.7 Å². The third-order valence-electron chi connectivity index (χ3n) is 4.06. The van der Waals surface area contributed by atoms with Crippen molar-refractivity contribution < 1.29 is 18.0 Å². The molecule has 1 fully saturated rings.